The number of nitrogens with zero attached hydrogens (tertiary/aromatic N) is 4. The van der Waals surface area contributed by atoms with Crippen molar-refractivity contribution < 1.29 is 19.1 Å². The number of thiophene rings is 1. The fourth-order valence-corrected chi connectivity index (χ4v) is 3.71. The molecular formula is C16H14N4O4S. The molecule has 25 heavy (non-hydrogen) atoms. The summed E-state index contributed by atoms with van der Waals surface area (Å²) in [7, 11) is 0. The number of fused-ring (bicyclic) bond motifs is 1. The van der Waals surface area contributed by atoms with Crippen molar-refractivity contribution in [3.8, 4) is 0 Å². The fourth-order valence-electron chi connectivity index (χ4n) is 2.85. The summed E-state index contributed by atoms with van der Waals surface area (Å²) >= 11 is 1.60. The van der Waals surface area contributed by atoms with E-state index < -0.39 is 5.97 Å². The number of hydrogen-bond donors (Lipinski definition) is 1. The van der Waals surface area contributed by atoms with Crippen LogP contribution in [0.3, 0.4) is 0 Å². The van der Waals surface area contributed by atoms with E-state index in [0.29, 0.717) is 26.2 Å². The largest absolute Gasteiger partial charge is 0.475 e. The molecule has 9 heteroatoms. The SMILES string of the molecule is O=C(O)c1ccc(C(=O)N2CCN(c3ncnc4ccsc34)CC2)o1. The van der Waals surface area contributed by atoms with Gasteiger partial charge in [0.05, 0.1) is 10.2 Å². The summed E-state index contributed by atoms with van der Waals surface area (Å²) in [6, 6.07) is 4.65. The normalized spacial score (nSPS) is 14.9. The van der Waals surface area contributed by atoms with Gasteiger partial charge in [0.2, 0.25) is 5.76 Å². The number of carboxylic acid groups (broad SMARTS) is 1. The maximum atomic E-state index is 12.4. The maximum Gasteiger partial charge on any atom is 0.371 e. The molecule has 0 radical (unpaired) electrons. The number of hydrogen-bond acceptors (Lipinski definition) is 7. The Morgan fingerprint density at radius 2 is 1.84 bits per heavy atom. The van der Waals surface area contributed by atoms with Gasteiger partial charge in [0, 0.05) is 26.2 Å². The summed E-state index contributed by atoms with van der Waals surface area (Å²) in [5, 5.41) is 10.9. The smallest absolute Gasteiger partial charge is 0.371 e. The summed E-state index contributed by atoms with van der Waals surface area (Å²) in [5.74, 6) is -0.779. The first-order chi connectivity index (χ1) is 12.1. The van der Waals surface area contributed by atoms with Crippen LogP contribution >= 0.6 is 11.3 Å². The highest BCUT2D eigenvalue weighted by Gasteiger charge is 2.26. The van der Waals surface area contributed by atoms with Crippen molar-refractivity contribution in [1.82, 2.24) is 14.9 Å². The second kappa shape index (κ2) is 6.17. The molecule has 0 bridgehead atoms. The van der Waals surface area contributed by atoms with Crippen molar-refractivity contribution in [2.75, 3.05) is 31.1 Å². The molecule has 0 aromatic carbocycles. The number of rotatable bonds is 3. The van der Waals surface area contributed by atoms with Gasteiger partial charge in [0.15, 0.2) is 5.76 Å². The molecule has 4 rings (SSSR count). The molecular weight excluding hydrogens is 344 g/mol. The van der Waals surface area contributed by atoms with Crippen LogP contribution in [0.2, 0.25) is 0 Å². The van der Waals surface area contributed by atoms with Crippen LogP contribution in [0.15, 0.2) is 34.3 Å². The summed E-state index contributed by atoms with van der Waals surface area (Å²) in [6.07, 6.45) is 1.55. The minimum atomic E-state index is -1.19. The second-order valence-corrected chi connectivity index (χ2v) is 6.50. The molecule has 0 unspecified atom stereocenters. The third-order valence-electron chi connectivity index (χ3n) is 4.12. The molecule has 3 aromatic rings. The average Bonchev–Trinajstić information content (AvgIpc) is 3.30. The molecule has 1 N–H and O–H groups in total. The lowest BCUT2D eigenvalue weighted by Gasteiger charge is -2.35. The zero-order chi connectivity index (χ0) is 17.4. The van der Waals surface area contributed by atoms with Crippen LogP contribution in [-0.2, 0) is 0 Å². The van der Waals surface area contributed by atoms with E-state index in [2.05, 4.69) is 14.9 Å². The zero-order valence-corrected chi connectivity index (χ0v) is 13.9. The summed E-state index contributed by atoms with van der Waals surface area (Å²) < 4.78 is 6.14. The predicted octanol–water partition coefficient (Wildman–Crippen LogP) is 1.94. The summed E-state index contributed by atoms with van der Waals surface area (Å²) in [5.41, 5.74) is 0.922. The van der Waals surface area contributed by atoms with Gasteiger partial charge in [-0.15, -0.1) is 11.3 Å². The Kier molecular flexibility index (Phi) is 3.85. The van der Waals surface area contributed by atoms with E-state index in [1.807, 2.05) is 11.4 Å². The van der Waals surface area contributed by atoms with Crippen LogP contribution in [-0.4, -0.2) is 58.0 Å². The number of amides is 1. The quantitative estimate of drug-likeness (QED) is 0.764. The Hall–Kier alpha value is -2.94. The van der Waals surface area contributed by atoms with Crippen molar-refractivity contribution in [3.05, 3.63) is 41.4 Å². The molecule has 0 saturated carbocycles. The topological polar surface area (TPSA) is 99.8 Å². The third kappa shape index (κ3) is 2.82. The van der Waals surface area contributed by atoms with E-state index in [-0.39, 0.29) is 17.4 Å². The number of carboxylic acids is 1. The van der Waals surface area contributed by atoms with Crippen LogP contribution in [0, 0.1) is 0 Å². The van der Waals surface area contributed by atoms with Gasteiger partial charge < -0.3 is 19.3 Å². The Morgan fingerprint density at radius 1 is 1.08 bits per heavy atom. The number of furan rings is 1. The molecule has 4 heterocycles. The van der Waals surface area contributed by atoms with Gasteiger partial charge >= 0.3 is 5.97 Å². The molecule has 0 aliphatic carbocycles. The van der Waals surface area contributed by atoms with Crippen molar-refractivity contribution in [2.45, 2.75) is 0 Å². The van der Waals surface area contributed by atoms with E-state index in [0.717, 1.165) is 16.0 Å². The van der Waals surface area contributed by atoms with Crippen LogP contribution in [0.25, 0.3) is 10.2 Å². The van der Waals surface area contributed by atoms with Gasteiger partial charge in [-0.1, -0.05) is 0 Å². The highest BCUT2D eigenvalue weighted by atomic mass is 32.1. The first-order valence-corrected chi connectivity index (χ1v) is 8.57. The van der Waals surface area contributed by atoms with Gasteiger partial charge in [0.1, 0.15) is 12.1 Å². The van der Waals surface area contributed by atoms with Crippen LogP contribution in [0.1, 0.15) is 21.1 Å². The van der Waals surface area contributed by atoms with Gasteiger partial charge in [0.25, 0.3) is 5.91 Å². The van der Waals surface area contributed by atoms with Crippen molar-refractivity contribution >= 4 is 39.2 Å². The van der Waals surface area contributed by atoms with E-state index in [4.69, 9.17) is 9.52 Å². The van der Waals surface area contributed by atoms with Gasteiger partial charge in [-0.3, -0.25) is 4.79 Å². The second-order valence-electron chi connectivity index (χ2n) is 5.58. The predicted molar refractivity (Wildman–Crippen MR) is 91.2 cm³/mol. The van der Waals surface area contributed by atoms with Crippen LogP contribution in [0.5, 0.6) is 0 Å². The zero-order valence-electron chi connectivity index (χ0n) is 13.1. The van der Waals surface area contributed by atoms with Crippen molar-refractivity contribution in [1.29, 1.82) is 0 Å². The Labute approximate surface area is 146 Å². The lowest BCUT2D eigenvalue weighted by molar-refractivity contribution is 0.0648. The number of carbonyl (C=O) groups is 2. The maximum absolute atomic E-state index is 12.4. The molecule has 1 saturated heterocycles. The van der Waals surface area contributed by atoms with Crippen molar-refractivity contribution in [3.63, 3.8) is 0 Å². The molecule has 0 atom stereocenters. The number of piperazine rings is 1. The van der Waals surface area contributed by atoms with E-state index >= 15 is 0 Å². The van der Waals surface area contributed by atoms with Gasteiger partial charge in [-0.25, -0.2) is 14.8 Å². The third-order valence-corrected chi connectivity index (χ3v) is 5.02. The molecule has 1 fully saturated rings. The van der Waals surface area contributed by atoms with E-state index in [1.165, 1.54) is 12.1 Å². The number of anilines is 1. The lowest BCUT2D eigenvalue weighted by Crippen LogP contribution is -2.49. The first-order valence-electron chi connectivity index (χ1n) is 7.69. The summed E-state index contributed by atoms with van der Waals surface area (Å²) in [4.78, 5) is 35.7. The fraction of sp³-hybridized carbons (Fsp3) is 0.250. The van der Waals surface area contributed by atoms with Crippen molar-refractivity contribution in [2.24, 2.45) is 0 Å². The average molecular weight is 358 g/mol. The highest BCUT2D eigenvalue weighted by Crippen LogP contribution is 2.28. The molecule has 1 amide bonds. The monoisotopic (exact) mass is 358 g/mol. The molecule has 3 aromatic heterocycles. The Morgan fingerprint density at radius 3 is 2.56 bits per heavy atom. The lowest BCUT2D eigenvalue weighted by atomic mass is 10.2. The standard InChI is InChI=1S/C16H14N4O4S/c21-15(11-1-2-12(24-11)16(22)23)20-6-4-19(5-7-20)14-13-10(3-8-25-13)17-9-18-14/h1-3,8-9H,4-7H2,(H,22,23). The van der Waals surface area contributed by atoms with E-state index in [9.17, 15) is 9.59 Å². The Balaban J connectivity index is 1.46. The molecule has 128 valence electrons. The highest BCUT2D eigenvalue weighted by molar-refractivity contribution is 7.17. The van der Waals surface area contributed by atoms with Gasteiger partial charge in [-0.05, 0) is 23.6 Å². The van der Waals surface area contributed by atoms with Crippen LogP contribution in [0.4, 0.5) is 5.82 Å². The number of carbonyl (C=O) groups excluding carboxylic acids is 1. The molecule has 1 aliphatic heterocycles. The van der Waals surface area contributed by atoms with E-state index in [1.54, 1.807) is 22.6 Å². The minimum absolute atomic E-state index is 0.0496. The molecule has 8 nitrogen and oxygen atoms in total. The van der Waals surface area contributed by atoms with Crippen LogP contribution < -0.4 is 4.90 Å². The Bertz CT molecular complexity index is 942. The van der Waals surface area contributed by atoms with Gasteiger partial charge in [-0.2, -0.15) is 0 Å². The summed E-state index contributed by atoms with van der Waals surface area (Å²) in [6.45, 7) is 2.31. The first kappa shape index (κ1) is 15.6. The minimum Gasteiger partial charge on any atom is -0.475 e. The number of aromatic carboxylic acids is 1. The molecule has 0 spiro atoms. The number of aromatic nitrogens is 2. The molecule has 1 aliphatic rings.